The minimum absolute atomic E-state index is 0.0647. The van der Waals surface area contributed by atoms with Gasteiger partial charge in [-0.25, -0.2) is 18.4 Å². The minimum atomic E-state index is -2.91. The Balaban J connectivity index is 1.30. The maximum absolute atomic E-state index is 13.4. The second kappa shape index (κ2) is 9.02. The van der Waals surface area contributed by atoms with Crippen molar-refractivity contribution < 1.29 is 13.2 Å². The molecule has 2 fully saturated rings. The lowest BCUT2D eigenvalue weighted by molar-refractivity contribution is 0.0717. The number of fused-ring (bicyclic) bond motifs is 1. The second-order valence-electron chi connectivity index (χ2n) is 9.09. The molecule has 9 heteroatoms. The highest BCUT2D eigenvalue weighted by molar-refractivity contribution is 7.91. The number of hydrogen-bond acceptors (Lipinski definition) is 7. The monoisotopic (exact) mass is 484 g/mol. The highest BCUT2D eigenvalue weighted by Gasteiger charge is 2.29. The van der Waals surface area contributed by atoms with Crippen LogP contribution in [0.3, 0.4) is 0 Å². The number of carbonyl (C=O) groups excluding carboxylic acids is 1. The lowest BCUT2D eigenvalue weighted by Gasteiger charge is -2.32. The number of carbonyl (C=O) groups is 1. The first-order valence-electron chi connectivity index (χ1n) is 11.4. The van der Waals surface area contributed by atoms with E-state index in [2.05, 4.69) is 39.6 Å². The Bertz CT molecular complexity index is 1270. The Morgan fingerprint density at radius 2 is 1.91 bits per heavy atom. The molecule has 5 rings (SSSR count). The summed E-state index contributed by atoms with van der Waals surface area (Å²) in [7, 11) is -2.91. The molecule has 7 nitrogen and oxygen atoms in total. The molecule has 4 heterocycles. The van der Waals surface area contributed by atoms with Crippen molar-refractivity contribution >= 4 is 43.1 Å². The number of hydrogen-bond donors (Lipinski definition) is 1. The van der Waals surface area contributed by atoms with Crippen molar-refractivity contribution in [2.75, 3.05) is 36.5 Å². The zero-order valence-corrected chi connectivity index (χ0v) is 20.3. The molecular formula is C24H28N4O3S2. The van der Waals surface area contributed by atoms with Gasteiger partial charge in [-0.3, -0.25) is 4.79 Å². The van der Waals surface area contributed by atoms with E-state index in [0.717, 1.165) is 46.6 Å². The third-order valence-corrected chi connectivity index (χ3v) is 9.88. The largest absolute Gasteiger partial charge is 0.369 e. The van der Waals surface area contributed by atoms with E-state index < -0.39 is 9.84 Å². The van der Waals surface area contributed by atoms with Gasteiger partial charge in [-0.2, -0.15) is 0 Å². The van der Waals surface area contributed by atoms with Crippen LogP contribution in [0.5, 0.6) is 0 Å². The van der Waals surface area contributed by atoms with E-state index in [4.69, 9.17) is 0 Å². The first kappa shape index (κ1) is 22.3. The van der Waals surface area contributed by atoms with Gasteiger partial charge in [-0.05, 0) is 49.1 Å². The quantitative estimate of drug-likeness (QED) is 0.591. The van der Waals surface area contributed by atoms with Crippen molar-refractivity contribution in [3.8, 4) is 0 Å². The van der Waals surface area contributed by atoms with Crippen molar-refractivity contribution in [2.45, 2.75) is 32.1 Å². The molecule has 33 heavy (non-hydrogen) atoms. The molecule has 2 aromatic heterocycles. The van der Waals surface area contributed by atoms with Crippen LogP contribution in [0.15, 0.2) is 36.7 Å². The van der Waals surface area contributed by atoms with Crippen LogP contribution in [0.4, 0.5) is 5.82 Å². The highest BCUT2D eigenvalue weighted by Crippen LogP contribution is 2.36. The predicted molar refractivity (Wildman–Crippen MR) is 132 cm³/mol. The molecular weight excluding hydrogens is 456 g/mol. The van der Waals surface area contributed by atoms with E-state index >= 15 is 0 Å². The Morgan fingerprint density at radius 3 is 2.61 bits per heavy atom. The SMILES string of the molecule is Cc1c(C(=O)N2CCC(c3ccccc3)CC2)sc2ncnc(NC[C@H]3CCS(=O)(=O)C3)c12. The van der Waals surface area contributed by atoms with Crippen LogP contribution in [0.1, 0.15) is 46.0 Å². The van der Waals surface area contributed by atoms with Crippen molar-refractivity contribution in [1.29, 1.82) is 0 Å². The molecule has 1 aromatic carbocycles. The number of benzene rings is 1. The molecule has 1 N–H and O–H groups in total. The summed E-state index contributed by atoms with van der Waals surface area (Å²) in [4.78, 5) is 25.7. The molecule has 1 atom stereocenters. The van der Waals surface area contributed by atoms with Crippen molar-refractivity contribution in [1.82, 2.24) is 14.9 Å². The maximum Gasteiger partial charge on any atom is 0.264 e. The van der Waals surface area contributed by atoms with Gasteiger partial charge in [0.2, 0.25) is 0 Å². The number of nitrogens with one attached hydrogen (secondary N) is 1. The number of piperidine rings is 1. The Hall–Kier alpha value is -2.52. The molecule has 2 saturated heterocycles. The number of aromatic nitrogens is 2. The molecule has 0 spiro atoms. The number of likely N-dealkylation sites (tertiary alicyclic amines) is 1. The smallest absolute Gasteiger partial charge is 0.264 e. The lowest BCUT2D eigenvalue weighted by Crippen LogP contribution is -2.37. The zero-order chi connectivity index (χ0) is 23.0. The summed E-state index contributed by atoms with van der Waals surface area (Å²) in [5.41, 5.74) is 2.25. The van der Waals surface area contributed by atoms with Crippen LogP contribution in [0.2, 0.25) is 0 Å². The van der Waals surface area contributed by atoms with E-state index in [9.17, 15) is 13.2 Å². The van der Waals surface area contributed by atoms with Gasteiger partial charge in [0.15, 0.2) is 9.84 Å². The summed E-state index contributed by atoms with van der Waals surface area (Å²) in [6.45, 7) is 4.01. The average Bonchev–Trinajstić information content (AvgIpc) is 3.36. The number of anilines is 1. The van der Waals surface area contributed by atoms with E-state index in [1.54, 1.807) is 0 Å². The van der Waals surface area contributed by atoms with Crippen LogP contribution in [0, 0.1) is 12.8 Å². The molecule has 0 aliphatic carbocycles. The van der Waals surface area contributed by atoms with Gasteiger partial charge in [-0.15, -0.1) is 11.3 Å². The first-order chi connectivity index (χ1) is 15.9. The summed E-state index contributed by atoms with van der Waals surface area (Å²) >= 11 is 1.42. The van der Waals surface area contributed by atoms with Gasteiger partial charge in [0.1, 0.15) is 17.0 Å². The fourth-order valence-corrected chi connectivity index (χ4v) is 7.95. The Labute approximate surface area is 198 Å². The molecule has 0 radical (unpaired) electrons. The fourth-order valence-electron chi connectivity index (χ4n) is 4.97. The van der Waals surface area contributed by atoms with Gasteiger partial charge in [0.05, 0.1) is 21.8 Å². The van der Waals surface area contributed by atoms with Gasteiger partial charge < -0.3 is 10.2 Å². The summed E-state index contributed by atoms with van der Waals surface area (Å²) in [6.07, 6.45) is 4.12. The molecule has 0 bridgehead atoms. The van der Waals surface area contributed by atoms with Crippen molar-refractivity contribution in [2.24, 2.45) is 5.92 Å². The number of nitrogens with zero attached hydrogens (tertiary/aromatic N) is 3. The third-order valence-electron chi connectivity index (χ3n) is 6.86. The summed E-state index contributed by atoms with van der Waals surface area (Å²) in [6, 6.07) is 10.5. The van der Waals surface area contributed by atoms with E-state index in [1.807, 2.05) is 17.9 Å². The Kier molecular flexibility index (Phi) is 6.09. The Morgan fingerprint density at radius 1 is 1.15 bits per heavy atom. The number of sulfone groups is 1. The zero-order valence-electron chi connectivity index (χ0n) is 18.7. The highest BCUT2D eigenvalue weighted by atomic mass is 32.2. The predicted octanol–water partition coefficient (Wildman–Crippen LogP) is 3.87. The first-order valence-corrected chi connectivity index (χ1v) is 14.1. The number of aryl methyl sites for hydroxylation is 1. The lowest BCUT2D eigenvalue weighted by atomic mass is 9.89. The molecule has 1 amide bonds. The number of amides is 1. The molecule has 0 unspecified atom stereocenters. The van der Waals surface area contributed by atoms with Gasteiger partial charge in [0.25, 0.3) is 5.91 Å². The number of rotatable bonds is 5. The molecule has 174 valence electrons. The number of thiophene rings is 1. The van der Waals surface area contributed by atoms with Crippen LogP contribution in [0.25, 0.3) is 10.2 Å². The third kappa shape index (κ3) is 4.61. The maximum atomic E-state index is 13.4. The van der Waals surface area contributed by atoms with Crippen LogP contribution >= 0.6 is 11.3 Å². The fraction of sp³-hybridized carbons (Fsp3) is 0.458. The van der Waals surface area contributed by atoms with Crippen molar-refractivity contribution in [3.63, 3.8) is 0 Å². The standard InChI is InChI=1S/C24H28N4O3S2/c1-16-20-22(25-13-17-9-12-33(30,31)14-17)26-15-27-23(20)32-21(16)24(29)28-10-7-19(8-11-28)18-5-3-2-4-6-18/h2-6,15,17,19H,7-14H2,1H3,(H,25,26,27)/t17-/m1/s1. The van der Waals surface area contributed by atoms with Crippen LogP contribution in [-0.4, -0.2) is 60.3 Å². The van der Waals surface area contributed by atoms with Crippen LogP contribution < -0.4 is 5.32 Å². The summed E-state index contributed by atoms with van der Waals surface area (Å²) < 4.78 is 23.5. The molecule has 2 aliphatic heterocycles. The average molecular weight is 485 g/mol. The summed E-state index contributed by atoms with van der Waals surface area (Å²) in [5.74, 6) is 1.82. The van der Waals surface area contributed by atoms with Crippen molar-refractivity contribution in [3.05, 3.63) is 52.7 Å². The van der Waals surface area contributed by atoms with Gasteiger partial charge in [0, 0.05) is 19.6 Å². The van der Waals surface area contributed by atoms with E-state index in [0.29, 0.717) is 24.7 Å². The summed E-state index contributed by atoms with van der Waals surface area (Å²) in [5, 5.41) is 4.20. The van der Waals surface area contributed by atoms with E-state index in [-0.39, 0.29) is 23.3 Å². The minimum Gasteiger partial charge on any atom is -0.369 e. The second-order valence-corrected chi connectivity index (χ2v) is 12.3. The van der Waals surface area contributed by atoms with Gasteiger partial charge in [-0.1, -0.05) is 30.3 Å². The molecule has 0 saturated carbocycles. The van der Waals surface area contributed by atoms with Gasteiger partial charge >= 0.3 is 0 Å². The topological polar surface area (TPSA) is 92.3 Å². The molecule has 2 aliphatic rings. The van der Waals surface area contributed by atoms with E-state index in [1.165, 1.54) is 23.2 Å². The molecule has 3 aromatic rings. The normalized spacial score (nSPS) is 20.9. The van der Waals surface area contributed by atoms with Crippen LogP contribution in [-0.2, 0) is 9.84 Å².